The smallest absolute Gasteiger partial charge is 0.237 e. The van der Waals surface area contributed by atoms with Crippen LogP contribution in [0.3, 0.4) is 0 Å². The zero-order valence-corrected chi connectivity index (χ0v) is 12.5. The Hall–Kier alpha value is -1.40. The predicted molar refractivity (Wildman–Crippen MR) is 75.1 cm³/mol. The first kappa shape index (κ1) is 14.0. The molecule has 5 nitrogen and oxygen atoms in total. The van der Waals surface area contributed by atoms with Crippen molar-refractivity contribution in [2.24, 2.45) is 0 Å². The van der Waals surface area contributed by atoms with Gasteiger partial charge in [0, 0.05) is 18.0 Å². The van der Waals surface area contributed by atoms with E-state index in [0.29, 0.717) is 10.5 Å². The molecule has 2 heterocycles. The van der Waals surface area contributed by atoms with Crippen molar-refractivity contribution in [2.45, 2.75) is 19.4 Å². The fourth-order valence-corrected chi connectivity index (χ4v) is 2.31. The van der Waals surface area contributed by atoms with Gasteiger partial charge in [-0.05, 0) is 35.0 Å². The third kappa shape index (κ3) is 3.13. The maximum Gasteiger partial charge on any atom is 0.237 e. The predicted octanol–water partition coefficient (Wildman–Crippen LogP) is 2.93. The molecule has 6 heteroatoms. The van der Waals surface area contributed by atoms with Crippen LogP contribution in [-0.2, 0) is 0 Å². The van der Waals surface area contributed by atoms with Crippen LogP contribution in [0.1, 0.15) is 30.6 Å². The maximum atomic E-state index is 5.31. The zero-order chi connectivity index (χ0) is 13.7. The largest absolute Gasteiger partial charge is 0.480 e. The Morgan fingerprint density at radius 1 is 1.42 bits per heavy atom. The molecule has 0 fully saturated rings. The fraction of sp³-hybridized carbons (Fsp3) is 0.385. The van der Waals surface area contributed by atoms with Gasteiger partial charge in [-0.15, -0.1) is 0 Å². The molecule has 0 amide bonds. The number of nitrogens with zero attached hydrogens (tertiary/aromatic N) is 2. The van der Waals surface area contributed by atoms with Gasteiger partial charge < -0.3 is 14.5 Å². The second-order valence-corrected chi connectivity index (χ2v) is 4.71. The number of hydrogen-bond donors (Lipinski definition) is 1. The average molecular weight is 326 g/mol. The van der Waals surface area contributed by atoms with Crippen LogP contribution in [0.15, 0.2) is 33.8 Å². The number of hydrogen-bond acceptors (Lipinski definition) is 5. The van der Waals surface area contributed by atoms with E-state index in [1.807, 2.05) is 6.07 Å². The van der Waals surface area contributed by atoms with Crippen LogP contribution in [0.4, 0.5) is 0 Å². The Bertz CT molecular complexity index is 530. The minimum absolute atomic E-state index is 0.114. The van der Waals surface area contributed by atoms with Crippen molar-refractivity contribution in [1.82, 2.24) is 15.3 Å². The molecule has 1 unspecified atom stereocenters. The van der Waals surface area contributed by atoms with Crippen LogP contribution in [0.25, 0.3) is 0 Å². The lowest BCUT2D eigenvalue weighted by Crippen LogP contribution is -2.24. The number of methoxy groups -OCH3 is 1. The Morgan fingerprint density at radius 3 is 2.84 bits per heavy atom. The Kier molecular flexibility index (Phi) is 4.93. The quantitative estimate of drug-likeness (QED) is 0.884. The van der Waals surface area contributed by atoms with E-state index in [0.717, 1.165) is 24.2 Å². The summed E-state index contributed by atoms with van der Waals surface area (Å²) < 4.78 is 11.3. The summed E-state index contributed by atoms with van der Waals surface area (Å²) >= 11 is 3.41. The van der Waals surface area contributed by atoms with E-state index < -0.39 is 0 Å². The van der Waals surface area contributed by atoms with Crippen molar-refractivity contribution < 1.29 is 9.15 Å². The molecule has 1 atom stereocenters. The molecule has 0 saturated carbocycles. The lowest BCUT2D eigenvalue weighted by molar-refractivity contribution is 0.382. The standard InChI is InChI=1S/C13H16BrN3O2/c1-3-5-15-10(9-4-8-19-12(9)14)11-13(18-2)17-7-6-16-11/h4,6-8,10,15H,3,5H2,1-2H3. The summed E-state index contributed by atoms with van der Waals surface area (Å²) in [6, 6.07) is 1.79. The average Bonchev–Trinajstić information content (AvgIpc) is 2.86. The summed E-state index contributed by atoms with van der Waals surface area (Å²) in [5, 5.41) is 3.43. The summed E-state index contributed by atoms with van der Waals surface area (Å²) in [4.78, 5) is 8.58. The monoisotopic (exact) mass is 325 g/mol. The molecule has 0 saturated heterocycles. The van der Waals surface area contributed by atoms with Crippen molar-refractivity contribution in [2.75, 3.05) is 13.7 Å². The highest BCUT2D eigenvalue weighted by atomic mass is 79.9. The van der Waals surface area contributed by atoms with Gasteiger partial charge in [-0.1, -0.05) is 6.92 Å². The summed E-state index contributed by atoms with van der Waals surface area (Å²) in [7, 11) is 1.59. The first-order valence-electron chi connectivity index (χ1n) is 6.09. The van der Waals surface area contributed by atoms with Gasteiger partial charge in [0.05, 0.1) is 19.4 Å². The number of nitrogens with one attached hydrogen (secondary N) is 1. The lowest BCUT2D eigenvalue weighted by atomic mass is 10.1. The molecule has 102 valence electrons. The number of aromatic nitrogens is 2. The molecule has 0 aliphatic rings. The Balaban J connectivity index is 2.40. The van der Waals surface area contributed by atoms with Gasteiger partial charge in [0.2, 0.25) is 5.88 Å². The fourth-order valence-electron chi connectivity index (χ4n) is 1.84. The third-order valence-corrected chi connectivity index (χ3v) is 3.36. The van der Waals surface area contributed by atoms with E-state index in [1.54, 1.807) is 25.8 Å². The van der Waals surface area contributed by atoms with Gasteiger partial charge in [0.25, 0.3) is 0 Å². The number of halogens is 1. The summed E-state index contributed by atoms with van der Waals surface area (Å²) in [6.07, 6.45) is 5.94. The van der Waals surface area contributed by atoms with Crippen LogP contribution >= 0.6 is 15.9 Å². The summed E-state index contributed by atoms with van der Waals surface area (Å²) in [6.45, 7) is 2.98. The van der Waals surface area contributed by atoms with Gasteiger partial charge in [-0.2, -0.15) is 0 Å². The van der Waals surface area contributed by atoms with Gasteiger partial charge in [0.15, 0.2) is 4.67 Å². The second kappa shape index (κ2) is 6.68. The minimum atomic E-state index is -0.114. The molecular weight excluding hydrogens is 310 g/mol. The van der Waals surface area contributed by atoms with Gasteiger partial charge in [-0.3, -0.25) is 4.98 Å². The minimum Gasteiger partial charge on any atom is -0.480 e. The van der Waals surface area contributed by atoms with Gasteiger partial charge >= 0.3 is 0 Å². The van der Waals surface area contributed by atoms with Crippen LogP contribution in [0, 0.1) is 0 Å². The van der Waals surface area contributed by atoms with Crippen molar-refractivity contribution >= 4 is 15.9 Å². The maximum absolute atomic E-state index is 5.31. The molecule has 1 N–H and O–H groups in total. The molecule has 2 rings (SSSR count). The molecule has 19 heavy (non-hydrogen) atoms. The van der Waals surface area contributed by atoms with E-state index >= 15 is 0 Å². The van der Waals surface area contributed by atoms with Crippen LogP contribution < -0.4 is 10.1 Å². The Morgan fingerprint density at radius 2 is 2.21 bits per heavy atom. The lowest BCUT2D eigenvalue weighted by Gasteiger charge is -2.18. The molecule has 0 aromatic carbocycles. The van der Waals surface area contributed by atoms with Crippen molar-refractivity contribution in [3.05, 3.63) is 40.7 Å². The third-order valence-electron chi connectivity index (χ3n) is 2.71. The first-order chi connectivity index (χ1) is 9.27. The highest BCUT2D eigenvalue weighted by Crippen LogP contribution is 2.31. The molecule has 0 radical (unpaired) electrons. The van der Waals surface area contributed by atoms with E-state index in [2.05, 4.69) is 38.1 Å². The highest BCUT2D eigenvalue weighted by molar-refractivity contribution is 9.10. The second-order valence-electron chi connectivity index (χ2n) is 3.99. The van der Waals surface area contributed by atoms with Crippen LogP contribution in [0.2, 0.25) is 0 Å². The molecular formula is C13H16BrN3O2. The van der Waals surface area contributed by atoms with Crippen LogP contribution in [0.5, 0.6) is 5.88 Å². The Labute approximate surface area is 120 Å². The number of furan rings is 1. The SMILES string of the molecule is CCCNC(c1ccoc1Br)c1nccnc1OC. The first-order valence-corrected chi connectivity index (χ1v) is 6.88. The summed E-state index contributed by atoms with van der Waals surface area (Å²) in [5.41, 5.74) is 1.73. The molecule has 0 bridgehead atoms. The van der Waals surface area contributed by atoms with Crippen molar-refractivity contribution in [3.8, 4) is 5.88 Å². The molecule has 2 aromatic heterocycles. The molecule has 0 spiro atoms. The number of ether oxygens (including phenoxy) is 1. The zero-order valence-electron chi connectivity index (χ0n) is 10.9. The van der Waals surface area contributed by atoms with Crippen molar-refractivity contribution in [1.29, 1.82) is 0 Å². The molecule has 0 aliphatic carbocycles. The molecule has 2 aromatic rings. The number of rotatable bonds is 6. The van der Waals surface area contributed by atoms with Crippen LogP contribution in [-0.4, -0.2) is 23.6 Å². The van der Waals surface area contributed by atoms with Gasteiger partial charge in [-0.25, -0.2) is 4.98 Å². The van der Waals surface area contributed by atoms with E-state index in [1.165, 1.54) is 0 Å². The van der Waals surface area contributed by atoms with E-state index in [9.17, 15) is 0 Å². The van der Waals surface area contributed by atoms with E-state index in [-0.39, 0.29) is 6.04 Å². The van der Waals surface area contributed by atoms with Crippen molar-refractivity contribution in [3.63, 3.8) is 0 Å². The highest BCUT2D eigenvalue weighted by Gasteiger charge is 2.23. The summed E-state index contributed by atoms with van der Waals surface area (Å²) in [5.74, 6) is 0.518. The van der Waals surface area contributed by atoms with E-state index in [4.69, 9.17) is 9.15 Å². The van der Waals surface area contributed by atoms with Gasteiger partial charge in [0.1, 0.15) is 5.69 Å². The normalized spacial score (nSPS) is 12.4. The molecule has 0 aliphatic heterocycles. The topological polar surface area (TPSA) is 60.2 Å².